The molecule has 280 valence electrons. The monoisotopic (exact) mass is 712 g/mol. The minimum Gasteiger partial charge on any atom is -0.330 e. The van der Waals surface area contributed by atoms with E-state index in [0.717, 1.165) is 115 Å². The van der Waals surface area contributed by atoms with Crippen LogP contribution in [-0.2, 0) is 39.0 Å². The van der Waals surface area contributed by atoms with Gasteiger partial charge < -0.3 is 22.1 Å². The maximum absolute atomic E-state index is 5.91. The van der Waals surface area contributed by atoms with Gasteiger partial charge in [0.05, 0.1) is 11.4 Å². The number of hydrogen-bond donors (Lipinski definition) is 4. The second-order valence-electron chi connectivity index (χ2n) is 15.6. The highest BCUT2D eigenvalue weighted by atomic mass is 15.2. The van der Waals surface area contributed by atoms with Crippen molar-refractivity contribution in [2.24, 2.45) is 11.5 Å². The molecule has 3 aliphatic rings. The molecule has 0 spiro atoms. The van der Waals surface area contributed by atoms with Crippen LogP contribution in [0.3, 0.4) is 0 Å². The van der Waals surface area contributed by atoms with Crippen molar-refractivity contribution in [2.75, 3.05) is 39.3 Å². The third-order valence-corrected chi connectivity index (χ3v) is 11.7. The molecule has 1 aliphatic carbocycles. The van der Waals surface area contributed by atoms with E-state index in [1.54, 1.807) is 0 Å². The van der Waals surface area contributed by atoms with Crippen molar-refractivity contribution in [3.63, 3.8) is 0 Å². The lowest BCUT2D eigenvalue weighted by Gasteiger charge is -2.32. The number of fused-ring (bicyclic) bond motifs is 2. The van der Waals surface area contributed by atoms with Gasteiger partial charge in [-0.15, -0.1) is 0 Å². The zero-order valence-corrected chi connectivity index (χ0v) is 31.6. The lowest BCUT2D eigenvalue weighted by Crippen LogP contribution is -2.45. The van der Waals surface area contributed by atoms with Crippen LogP contribution in [-0.4, -0.2) is 71.1 Å². The first kappa shape index (κ1) is 37.6. The van der Waals surface area contributed by atoms with Gasteiger partial charge in [0.25, 0.3) is 0 Å². The minimum absolute atomic E-state index is 0.403. The Balaban J connectivity index is 0.984. The topological polar surface area (TPSA) is 108 Å². The smallest absolute Gasteiger partial charge is 0.0615 e. The van der Waals surface area contributed by atoms with E-state index in [2.05, 4.69) is 87.7 Å². The highest BCUT2D eigenvalue weighted by molar-refractivity contribution is 5.49. The highest BCUT2D eigenvalue weighted by Gasteiger charge is 2.41. The number of unbranched alkanes of at least 4 members (excludes halogenated alkanes) is 2. The number of hydrogen-bond acceptors (Lipinski definition) is 8. The summed E-state index contributed by atoms with van der Waals surface area (Å²) in [6.07, 6.45) is 13.4. The summed E-state index contributed by atoms with van der Waals surface area (Å²) in [5.41, 5.74) is 24.0. The summed E-state index contributed by atoms with van der Waals surface area (Å²) in [7, 11) is 0. The largest absolute Gasteiger partial charge is 0.330 e. The van der Waals surface area contributed by atoms with E-state index in [4.69, 9.17) is 21.4 Å². The Morgan fingerprint density at radius 1 is 0.679 bits per heavy atom. The van der Waals surface area contributed by atoms with E-state index in [1.807, 2.05) is 24.5 Å². The molecule has 1 saturated carbocycles. The molecule has 4 atom stereocenters. The summed E-state index contributed by atoms with van der Waals surface area (Å²) < 4.78 is 0. The molecule has 2 aromatic heterocycles. The Hall–Kier alpha value is -3.76. The first-order valence-corrected chi connectivity index (χ1v) is 20.1. The van der Waals surface area contributed by atoms with E-state index in [9.17, 15) is 0 Å². The van der Waals surface area contributed by atoms with Gasteiger partial charge in [-0.25, -0.2) is 0 Å². The molecule has 0 bridgehead atoms. The van der Waals surface area contributed by atoms with Gasteiger partial charge in [-0.1, -0.05) is 67.3 Å². The van der Waals surface area contributed by atoms with Crippen LogP contribution >= 0.6 is 0 Å². The van der Waals surface area contributed by atoms with Crippen molar-refractivity contribution in [2.45, 2.75) is 95.0 Å². The molecule has 4 aromatic rings. The number of nitrogens with one attached hydrogen (secondary N) is 2. The highest BCUT2D eigenvalue weighted by Crippen LogP contribution is 2.55. The van der Waals surface area contributed by atoms with Crippen molar-refractivity contribution >= 4 is 6.08 Å². The Kier molecular flexibility index (Phi) is 13.1. The summed E-state index contributed by atoms with van der Waals surface area (Å²) >= 11 is 0. The average molecular weight is 713 g/mol. The van der Waals surface area contributed by atoms with Gasteiger partial charge in [-0.2, -0.15) is 0 Å². The van der Waals surface area contributed by atoms with Gasteiger partial charge in [-0.3, -0.25) is 19.8 Å². The fourth-order valence-corrected chi connectivity index (χ4v) is 8.68. The SMILES string of the molecule is C=Cc1cccnc1CN(CCCCN)C[C@H]1Cc2ccc(C3CC3c3cccnc3CN(CCCCN)C[C@H]3Cc4ccccc4CN3)cc2CN1. The lowest BCUT2D eigenvalue weighted by atomic mass is 9.92. The third-order valence-electron chi connectivity index (χ3n) is 11.7. The van der Waals surface area contributed by atoms with E-state index in [1.165, 1.54) is 45.5 Å². The summed E-state index contributed by atoms with van der Waals surface area (Å²) in [5.74, 6) is 1.08. The van der Waals surface area contributed by atoms with Gasteiger partial charge in [0, 0.05) is 63.7 Å². The lowest BCUT2D eigenvalue weighted by molar-refractivity contribution is 0.221. The molecule has 2 aliphatic heterocycles. The molecule has 0 amide bonds. The molecule has 0 saturated heterocycles. The zero-order valence-electron chi connectivity index (χ0n) is 31.6. The van der Waals surface area contributed by atoms with Crippen molar-refractivity contribution in [3.8, 4) is 0 Å². The minimum atomic E-state index is 0.403. The van der Waals surface area contributed by atoms with E-state index in [-0.39, 0.29) is 0 Å². The van der Waals surface area contributed by atoms with E-state index < -0.39 is 0 Å². The Morgan fingerprint density at radius 3 is 2.00 bits per heavy atom. The Labute approximate surface area is 317 Å². The molecule has 6 N–H and O–H groups in total. The number of nitrogens with zero attached hydrogens (tertiary/aromatic N) is 4. The molecule has 0 radical (unpaired) electrons. The fourth-order valence-electron chi connectivity index (χ4n) is 8.68. The molecule has 8 heteroatoms. The number of pyridine rings is 2. The van der Waals surface area contributed by atoms with Gasteiger partial charge >= 0.3 is 0 Å². The molecular weight excluding hydrogens is 653 g/mol. The number of rotatable bonds is 19. The molecule has 7 rings (SSSR count). The predicted octanol–water partition coefficient (Wildman–Crippen LogP) is 5.90. The number of nitrogens with two attached hydrogens (primary N) is 2. The van der Waals surface area contributed by atoms with Gasteiger partial charge in [0.1, 0.15) is 0 Å². The van der Waals surface area contributed by atoms with Gasteiger partial charge in [0.15, 0.2) is 0 Å². The van der Waals surface area contributed by atoms with Crippen molar-refractivity contribution < 1.29 is 0 Å². The van der Waals surface area contributed by atoms with Crippen LogP contribution in [0.2, 0.25) is 0 Å². The third kappa shape index (κ3) is 9.87. The normalized spacial score (nSPS) is 20.7. The van der Waals surface area contributed by atoms with Gasteiger partial charge in [-0.05, 0) is 134 Å². The first-order chi connectivity index (χ1) is 26.1. The number of benzene rings is 2. The maximum atomic E-state index is 5.91. The standard InChI is InChI=1S/C45H60N8/c1-2-33-13-9-19-48-44(33)31-52(21-7-5-17-46)29-40-25-35-15-16-36(23-38(35)28-51-40)42-26-43(42)41-14-10-20-49-45(41)32-53(22-8-6-18-47)30-39-24-34-11-3-4-12-37(34)27-50-39/h2-4,9-16,19-20,23,39-40,42-43,50-51H,1,5-8,17-18,21-22,24-32,46-47H2/t39-,40-,42?,43?/m1/s1. The molecule has 2 aromatic carbocycles. The zero-order chi connectivity index (χ0) is 36.4. The van der Waals surface area contributed by atoms with Crippen molar-refractivity contribution in [3.05, 3.63) is 136 Å². The van der Waals surface area contributed by atoms with Crippen LogP contribution in [0.25, 0.3) is 6.08 Å². The molecule has 53 heavy (non-hydrogen) atoms. The molecule has 4 heterocycles. The predicted molar refractivity (Wildman–Crippen MR) is 217 cm³/mol. The Morgan fingerprint density at radius 2 is 1.30 bits per heavy atom. The molecule has 2 unspecified atom stereocenters. The summed E-state index contributed by atoms with van der Waals surface area (Å²) in [6.45, 7) is 13.1. The second-order valence-corrected chi connectivity index (χ2v) is 15.6. The average Bonchev–Trinajstić information content (AvgIpc) is 3.99. The molecule has 1 fully saturated rings. The van der Waals surface area contributed by atoms with Crippen LogP contribution in [0.1, 0.15) is 94.3 Å². The summed E-state index contributed by atoms with van der Waals surface area (Å²) in [4.78, 5) is 14.9. The maximum Gasteiger partial charge on any atom is 0.0615 e. The van der Waals surface area contributed by atoms with Crippen molar-refractivity contribution in [1.29, 1.82) is 0 Å². The van der Waals surface area contributed by atoms with E-state index in [0.29, 0.717) is 23.9 Å². The fraction of sp³-hybridized carbons (Fsp3) is 0.467. The first-order valence-electron chi connectivity index (χ1n) is 20.1. The van der Waals surface area contributed by atoms with E-state index >= 15 is 0 Å². The van der Waals surface area contributed by atoms with Crippen LogP contribution in [0.15, 0.2) is 85.7 Å². The number of aromatic nitrogens is 2. The van der Waals surface area contributed by atoms with Crippen LogP contribution in [0.4, 0.5) is 0 Å². The van der Waals surface area contributed by atoms with Crippen LogP contribution < -0.4 is 22.1 Å². The molecule has 8 nitrogen and oxygen atoms in total. The van der Waals surface area contributed by atoms with Crippen LogP contribution in [0, 0.1) is 0 Å². The second kappa shape index (κ2) is 18.5. The summed E-state index contributed by atoms with van der Waals surface area (Å²) in [5, 5.41) is 7.71. The van der Waals surface area contributed by atoms with Crippen LogP contribution in [0.5, 0.6) is 0 Å². The summed E-state index contributed by atoms with van der Waals surface area (Å²) in [6, 6.07) is 25.6. The quantitative estimate of drug-likeness (QED) is 0.0891. The van der Waals surface area contributed by atoms with Gasteiger partial charge in [0.2, 0.25) is 0 Å². The van der Waals surface area contributed by atoms with Crippen molar-refractivity contribution in [1.82, 2.24) is 30.4 Å². The molecular formula is C45H60N8. The Bertz CT molecular complexity index is 1790.